The summed E-state index contributed by atoms with van der Waals surface area (Å²) >= 11 is 0. The minimum absolute atomic E-state index is 0.0500. The molecule has 0 aromatic heterocycles. The lowest BCUT2D eigenvalue weighted by molar-refractivity contribution is -0.117. The van der Waals surface area contributed by atoms with Crippen molar-refractivity contribution in [3.63, 3.8) is 0 Å². The van der Waals surface area contributed by atoms with Crippen LogP contribution >= 0.6 is 0 Å². The molecule has 14 heavy (non-hydrogen) atoms. The molecular formula is C12H19NO. The molecule has 0 heterocycles. The Kier molecular flexibility index (Phi) is 4.44. The monoisotopic (exact) mass is 193 g/mol. The van der Waals surface area contributed by atoms with Gasteiger partial charge in [0.2, 0.25) is 5.91 Å². The second-order valence-corrected chi connectivity index (χ2v) is 3.89. The van der Waals surface area contributed by atoms with E-state index in [-0.39, 0.29) is 5.91 Å². The maximum Gasteiger partial charge on any atom is 0.243 e. The van der Waals surface area contributed by atoms with Crippen LogP contribution in [0.15, 0.2) is 25.3 Å². The van der Waals surface area contributed by atoms with E-state index in [0.29, 0.717) is 12.0 Å². The summed E-state index contributed by atoms with van der Waals surface area (Å²) in [4.78, 5) is 11.2. The maximum atomic E-state index is 11.2. The first-order valence-electron chi connectivity index (χ1n) is 5.31. The molecule has 0 radical (unpaired) electrons. The van der Waals surface area contributed by atoms with E-state index >= 15 is 0 Å². The molecule has 1 fully saturated rings. The van der Waals surface area contributed by atoms with Gasteiger partial charge in [-0.25, -0.2) is 0 Å². The first-order valence-corrected chi connectivity index (χ1v) is 5.31. The Balaban J connectivity index is 2.48. The Labute approximate surface area is 86.1 Å². The van der Waals surface area contributed by atoms with Crippen LogP contribution in [0.5, 0.6) is 0 Å². The van der Waals surface area contributed by atoms with E-state index in [1.165, 1.54) is 25.3 Å². The van der Waals surface area contributed by atoms with Crippen molar-refractivity contribution in [2.75, 3.05) is 0 Å². The minimum Gasteiger partial charge on any atom is -0.350 e. The van der Waals surface area contributed by atoms with Gasteiger partial charge in [-0.05, 0) is 31.3 Å². The molecular weight excluding hydrogens is 174 g/mol. The molecule has 0 aromatic carbocycles. The van der Waals surface area contributed by atoms with Crippen LogP contribution in [0.2, 0.25) is 0 Å². The molecule has 0 saturated heterocycles. The number of carbonyl (C=O) groups excluding carboxylic acids is 1. The Bertz CT molecular complexity index is 222. The van der Waals surface area contributed by atoms with Crippen molar-refractivity contribution < 1.29 is 4.79 Å². The molecule has 0 aliphatic heterocycles. The summed E-state index contributed by atoms with van der Waals surface area (Å²) in [5.41, 5.74) is 0. The SMILES string of the molecule is C=CC[C@H]1CCCC[C@H]1NC(=O)C=C. The van der Waals surface area contributed by atoms with E-state index < -0.39 is 0 Å². The van der Waals surface area contributed by atoms with E-state index in [2.05, 4.69) is 18.5 Å². The standard InChI is InChI=1S/C12H19NO/c1-3-7-10-8-5-6-9-11(10)13-12(14)4-2/h3-4,10-11H,1-2,5-9H2,(H,13,14)/t10-,11+/m0/s1. The highest BCUT2D eigenvalue weighted by atomic mass is 16.1. The highest BCUT2D eigenvalue weighted by Gasteiger charge is 2.24. The molecule has 1 saturated carbocycles. The number of allylic oxidation sites excluding steroid dienone is 1. The Morgan fingerprint density at radius 1 is 1.36 bits per heavy atom. The molecule has 2 atom stereocenters. The second-order valence-electron chi connectivity index (χ2n) is 3.89. The van der Waals surface area contributed by atoms with Gasteiger partial charge in [0.1, 0.15) is 0 Å². The second kappa shape index (κ2) is 5.63. The zero-order chi connectivity index (χ0) is 10.4. The number of amides is 1. The third-order valence-electron chi connectivity index (χ3n) is 2.89. The van der Waals surface area contributed by atoms with Crippen LogP contribution in [0.25, 0.3) is 0 Å². The summed E-state index contributed by atoms with van der Waals surface area (Å²) in [5, 5.41) is 3.00. The van der Waals surface area contributed by atoms with Crippen molar-refractivity contribution in [1.29, 1.82) is 0 Å². The van der Waals surface area contributed by atoms with Gasteiger partial charge in [-0.3, -0.25) is 4.79 Å². The van der Waals surface area contributed by atoms with Gasteiger partial charge in [-0.2, -0.15) is 0 Å². The lowest BCUT2D eigenvalue weighted by Gasteiger charge is -2.31. The van der Waals surface area contributed by atoms with Crippen molar-refractivity contribution in [3.8, 4) is 0 Å². The van der Waals surface area contributed by atoms with E-state index in [0.717, 1.165) is 12.8 Å². The largest absolute Gasteiger partial charge is 0.350 e. The van der Waals surface area contributed by atoms with E-state index in [4.69, 9.17) is 0 Å². The fourth-order valence-corrected chi connectivity index (χ4v) is 2.14. The molecule has 0 bridgehead atoms. The fraction of sp³-hybridized carbons (Fsp3) is 0.583. The van der Waals surface area contributed by atoms with Gasteiger partial charge in [-0.15, -0.1) is 6.58 Å². The lowest BCUT2D eigenvalue weighted by Crippen LogP contribution is -2.41. The van der Waals surface area contributed by atoms with Gasteiger partial charge >= 0.3 is 0 Å². The zero-order valence-electron chi connectivity index (χ0n) is 8.67. The molecule has 1 amide bonds. The zero-order valence-corrected chi connectivity index (χ0v) is 8.67. The predicted octanol–water partition coefficient (Wildman–Crippen LogP) is 2.42. The highest BCUT2D eigenvalue weighted by molar-refractivity contribution is 5.87. The van der Waals surface area contributed by atoms with Gasteiger partial charge in [0.05, 0.1) is 0 Å². The summed E-state index contributed by atoms with van der Waals surface area (Å²) in [6.45, 7) is 7.22. The molecule has 1 rings (SSSR count). The van der Waals surface area contributed by atoms with Crippen LogP contribution in [0, 0.1) is 5.92 Å². The Morgan fingerprint density at radius 2 is 2.07 bits per heavy atom. The van der Waals surface area contributed by atoms with E-state index in [1.807, 2.05) is 6.08 Å². The fourth-order valence-electron chi connectivity index (χ4n) is 2.14. The molecule has 0 spiro atoms. The molecule has 1 aliphatic carbocycles. The molecule has 78 valence electrons. The smallest absolute Gasteiger partial charge is 0.243 e. The Morgan fingerprint density at radius 3 is 2.71 bits per heavy atom. The maximum absolute atomic E-state index is 11.2. The van der Waals surface area contributed by atoms with Crippen molar-refractivity contribution in [1.82, 2.24) is 5.32 Å². The summed E-state index contributed by atoms with van der Waals surface area (Å²) < 4.78 is 0. The third kappa shape index (κ3) is 3.02. The van der Waals surface area contributed by atoms with Crippen LogP contribution in [0.1, 0.15) is 32.1 Å². The molecule has 1 aliphatic rings. The van der Waals surface area contributed by atoms with Gasteiger partial charge < -0.3 is 5.32 Å². The number of carbonyl (C=O) groups is 1. The number of rotatable bonds is 4. The minimum atomic E-state index is -0.0500. The normalized spacial score (nSPS) is 26.6. The van der Waals surface area contributed by atoms with E-state index in [9.17, 15) is 4.79 Å². The van der Waals surface area contributed by atoms with Crippen LogP contribution in [-0.2, 0) is 4.79 Å². The van der Waals surface area contributed by atoms with Gasteiger partial charge in [0, 0.05) is 6.04 Å². The first kappa shape index (κ1) is 11.0. The molecule has 2 nitrogen and oxygen atoms in total. The molecule has 1 N–H and O–H groups in total. The predicted molar refractivity (Wildman–Crippen MR) is 58.9 cm³/mol. The van der Waals surface area contributed by atoms with Crippen LogP contribution in [0.3, 0.4) is 0 Å². The third-order valence-corrected chi connectivity index (χ3v) is 2.89. The lowest BCUT2D eigenvalue weighted by atomic mass is 9.82. The van der Waals surface area contributed by atoms with Crippen LogP contribution in [0.4, 0.5) is 0 Å². The van der Waals surface area contributed by atoms with E-state index in [1.54, 1.807) is 0 Å². The van der Waals surface area contributed by atoms with Gasteiger partial charge in [0.15, 0.2) is 0 Å². The van der Waals surface area contributed by atoms with Gasteiger partial charge in [-0.1, -0.05) is 25.5 Å². The summed E-state index contributed by atoms with van der Waals surface area (Å²) in [6.07, 6.45) is 9.09. The summed E-state index contributed by atoms with van der Waals surface area (Å²) in [5.74, 6) is 0.524. The van der Waals surface area contributed by atoms with Crippen LogP contribution in [-0.4, -0.2) is 11.9 Å². The van der Waals surface area contributed by atoms with Crippen molar-refractivity contribution in [3.05, 3.63) is 25.3 Å². The first-order chi connectivity index (χ1) is 6.77. The van der Waals surface area contributed by atoms with Gasteiger partial charge in [0.25, 0.3) is 0 Å². The van der Waals surface area contributed by atoms with Crippen LogP contribution < -0.4 is 5.32 Å². The topological polar surface area (TPSA) is 29.1 Å². The molecule has 0 unspecified atom stereocenters. The molecule has 0 aromatic rings. The average molecular weight is 193 g/mol. The summed E-state index contributed by atoms with van der Waals surface area (Å²) in [7, 11) is 0. The number of hydrogen-bond acceptors (Lipinski definition) is 1. The number of nitrogens with one attached hydrogen (secondary N) is 1. The Hall–Kier alpha value is -1.05. The van der Waals surface area contributed by atoms with Crippen molar-refractivity contribution >= 4 is 5.91 Å². The number of hydrogen-bond donors (Lipinski definition) is 1. The quantitative estimate of drug-likeness (QED) is 0.539. The summed E-state index contributed by atoms with van der Waals surface area (Å²) in [6, 6.07) is 0.326. The van der Waals surface area contributed by atoms with Crippen molar-refractivity contribution in [2.45, 2.75) is 38.1 Å². The average Bonchev–Trinajstić information content (AvgIpc) is 2.21. The highest BCUT2D eigenvalue weighted by Crippen LogP contribution is 2.27. The van der Waals surface area contributed by atoms with Crippen molar-refractivity contribution in [2.24, 2.45) is 5.92 Å². The molecule has 2 heteroatoms.